The molecular weight excluding hydrogens is 321 g/mol. The van der Waals surface area contributed by atoms with Crippen LogP contribution in [0.15, 0.2) is 30.3 Å². The van der Waals surface area contributed by atoms with Crippen molar-refractivity contribution in [1.29, 1.82) is 0 Å². The Morgan fingerprint density at radius 2 is 1.82 bits per heavy atom. The molecule has 1 amide bonds. The molecule has 0 saturated carbocycles. The topological polar surface area (TPSA) is 67.1 Å². The van der Waals surface area contributed by atoms with Gasteiger partial charge in [0.05, 0.1) is 0 Å². The van der Waals surface area contributed by atoms with Crippen molar-refractivity contribution in [3.8, 4) is 0 Å². The van der Waals surface area contributed by atoms with Crippen LogP contribution in [0, 0.1) is 0 Å². The third kappa shape index (κ3) is 9.26. The minimum Gasteiger partial charge on any atom is -0.354 e. The largest absolute Gasteiger partial charge is 0.354 e. The van der Waals surface area contributed by atoms with Crippen LogP contribution in [-0.2, 0) is 4.79 Å². The molecule has 0 aliphatic heterocycles. The number of nitrogens with two attached hydrogens (primary N) is 1. The molecule has 0 aliphatic rings. The molecule has 0 heterocycles. The van der Waals surface area contributed by atoms with Crippen molar-refractivity contribution in [1.82, 2.24) is 10.6 Å². The van der Waals surface area contributed by atoms with Gasteiger partial charge in [0.25, 0.3) is 0 Å². The van der Waals surface area contributed by atoms with E-state index in [0.717, 1.165) is 6.42 Å². The van der Waals surface area contributed by atoms with Crippen LogP contribution in [0.2, 0.25) is 0 Å². The van der Waals surface area contributed by atoms with Gasteiger partial charge in [0, 0.05) is 24.5 Å². The number of carbonyl (C=O) groups is 1. The summed E-state index contributed by atoms with van der Waals surface area (Å²) >= 11 is 0. The minimum atomic E-state index is -0.159. The smallest absolute Gasteiger partial charge is 0.220 e. The predicted octanol–water partition coefficient (Wildman–Crippen LogP) is 2.81. The van der Waals surface area contributed by atoms with E-state index in [0.29, 0.717) is 19.5 Å². The Kier molecular flexibility index (Phi) is 12.5. The highest BCUT2D eigenvalue weighted by Gasteiger charge is 2.21. The van der Waals surface area contributed by atoms with E-state index in [2.05, 4.69) is 43.5 Å². The van der Waals surface area contributed by atoms with Crippen LogP contribution >= 0.6 is 24.8 Å². The molecule has 6 heteroatoms. The van der Waals surface area contributed by atoms with E-state index in [1.165, 1.54) is 5.56 Å². The van der Waals surface area contributed by atoms with Crippen LogP contribution in [0.1, 0.15) is 45.2 Å². The fourth-order valence-corrected chi connectivity index (χ4v) is 2.13. The van der Waals surface area contributed by atoms with Crippen molar-refractivity contribution < 1.29 is 4.79 Å². The maximum atomic E-state index is 11.6. The quantitative estimate of drug-likeness (QED) is 0.675. The average molecular weight is 350 g/mol. The number of hydrogen-bond acceptors (Lipinski definition) is 3. The molecule has 0 saturated heterocycles. The van der Waals surface area contributed by atoms with Gasteiger partial charge < -0.3 is 16.4 Å². The molecule has 1 rings (SSSR count). The van der Waals surface area contributed by atoms with E-state index >= 15 is 0 Å². The van der Waals surface area contributed by atoms with E-state index in [-0.39, 0.29) is 42.3 Å². The summed E-state index contributed by atoms with van der Waals surface area (Å²) in [6.07, 6.45) is 1.24. The van der Waals surface area contributed by atoms with Gasteiger partial charge in [0.1, 0.15) is 0 Å². The lowest BCUT2D eigenvalue weighted by atomic mass is 10.0. The standard InChI is InChI=1S/C16H27N3O.2ClH/c1-13(14-8-5-4-6-9-14)19-16(2,3)12-18-15(20)10-7-11-17;;/h4-6,8-9,13,19H,7,10-12,17H2,1-3H3,(H,18,20);2*1H. The molecule has 1 atom stereocenters. The van der Waals surface area contributed by atoms with E-state index in [4.69, 9.17) is 5.73 Å². The van der Waals surface area contributed by atoms with Gasteiger partial charge in [0.2, 0.25) is 5.91 Å². The highest BCUT2D eigenvalue weighted by atomic mass is 35.5. The molecule has 1 aromatic carbocycles. The number of halogens is 2. The third-order valence-electron chi connectivity index (χ3n) is 3.24. The zero-order valence-corrected chi connectivity index (χ0v) is 15.2. The van der Waals surface area contributed by atoms with Crippen LogP contribution in [0.25, 0.3) is 0 Å². The average Bonchev–Trinajstić information content (AvgIpc) is 2.43. The molecule has 0 bridgehead atoms. The molecule has 128 valence electrons. The summed E-state index contributed by atoms with van der Waals surface area (Å²) in [6.45, 7) is 7.48. The lowest BCUT2D eigenvalue weighted by Gasteiger charge is -2.31. The summed E-state index contributed by atoms with van der Waals surface area (Å²) in [6, 6.07) is 10.5. The maximum Gasteiger partial charge on any atom is 0.220 e. The van der Waals surface area contributed by atoms with Gasteiger partial charge in [-0.3, -0.25) is 4.79 Å². The second kappa shape index (κ2) is 11.7. The van der Waals surface area contributed by atoms with Crippen LogP contribution in [0.4, 0.5) is 0 Å². The third-order valence-corrected chi connectivity index (χ3v) is 3.24. The number of carbonyl (C=O) groups excluding carboxylic acids is 1. The molecule has 0 spiro atoms. The fourth-order valence-electron chi connectivity index (χ4n) is 2.13. The fraction of sp³-hybridized carbons (Fsp3) is 0.562. The maximum absolute atomic E-state index is 11.6. The summed E-state index contributed by atoms with van der Waals surface area (Å²) in [5, 5.41) is 6.50. The Balaban J connectivity index is 0. The van der Waals surface area contributed by atoms with Crippen LogP contribution in [-0.4, -0.2) is 24.5 Å². The zero-order chi connectivity index (χ0) is 15.0. The first-order valence-electron chi connectivity index (χ1n) is 7.24. The molecule has 4 N–H and O–H groups in total. The summed E-state index contributed by atoms with van der Waals surface area (Å²) in [7, 11) is 0. The van der Waals surface area contributed by atoms with Gasteiger partial charge in [-0.2, -0.15) is 0 Å². The first-order chi connectivity index (χ1) is 9.44. The molecule has 4 nitrogen and oxygen atoms in total. The predicted molar refractivity (Wildman–Crippen MR) is 97.9 cm³/mol. The second-order valence-electron chi connectivity index (χ2n) is 5.83. The number of amides is 1. The van der Waals surface area contributed by atoms with Gasteiger partial charge >= 0.3 is 0 Å². The van der Waals surface area contributed by atoms with Crippen LogP contribution in [0.3, 0.4) is 0 Å². The van der Waals surface area contributed by atoms with Crippen LogP contribution in [0.5, 0.6) is 0 Å². The van der Waals surface area contributed by atoms with Crippen LogP contribution < -0.4 is 16.4 Å². The van der Waals surface area contributed by atoms with Crippen molar-refractivity contribution >= 4 is 30.7 Å². The Morgan fingerprint density at radius 3 is 2.36 bits per heavy atom. The lowest BCUT2D eigenvalue weighted by molar-refractivity contribution is -0.121. The molecule has 0 fully saturated rings. The van der Waals surface area contributed by atoms with Gasteiger partial charge in [-0.25, -0.2) is 0 Å². The SMILES string of the molecule is CC(NC(C)(C)CNC(=O)CCCN)c1ccccc1.Cl.Cl. The van der Waals surface area contributed by atoms with Crippen molar-refractivity contribution in [2.45, 2.75) is 45.2 Å². The van der Waals surface area contributed by atoms with Crippen molar-refractivity contribution in [2.24, 2.45) is 5.73 Å². The van der Waals surface area contributed by atoms with Gasteiger partial charge in [-0.1, -0.05) is 30.3 Å². The van der Waals surface area contributed by atoms with E-state index in [9.17, 15) is 4.79 Å². The van der Waals surface area contributed by atoms with E-state index in [1.807, 2.05) is 18.2 Å². The summed E-state index contributed by atoms with van der Waals surface area (Å²) < 4.78 is 0. The molecule has 0 aromatic heterocycles. The Morgan fingerprint density at radius 1 is 1.23 bits per heavy atom. The van der Waals surface area contributed by atoms with Gasteiger partial charge in [-0.15, -0.1) is 24.8 Å². The first-order valence-corrected chi connectivity index (χ1v) is 7.24. The summed E-state index contributed by atoms with van der Waals surface area (Å²) in [5.41, 5.74) is 6.48. The van der Waals surface area contributed by atoms with Gasteiger partial charge in [0.15, 0.2) is 0 Å². The lowest BCUT2D eigenvalue weighted by Crippen LogP contribution is -2.49. The normalized spacial score (nSPS) is 11.8. The minimum absolute atomic E-state index is 0. The highest BCUT2D eigenvalue weighted by Crippen LogP contribution is 2.15. The van der Waals surface area contributed by atoms with Crippen molar-refractivity contribution in [3.05, 3.63) is 35.9 Å². The highest BCUT2D eigenvalue weighted by molar-refractivity contribution is 5.85. The molecule has 1 aromatic rings. The van der Waals surface area contributed by atoms with Crippen molar-refractivity contribution in [3.63, 3.8) is 0 Å². The monoisotopic (exact) mass is 349 g/mol. The number of rotatable bonds is 8. The Hall–Kier alpha value is -0.810. The Bertz CT molecular complexity index is 413. The van der Waals surface area contributed by atoms with Crippen molar-refractivity contribution in [2.75, 3.05) is 13.1 Å². The number of hydrogen-bond donors (Lipinski definition) is 3. The van der Waals surface area contributed by atoms with E-state index < -0.39 is 0 Å². The molecule has 0 aliphatic carbocycles. The second-order valence-corrected chi connectivity index (χ2v) is 5.83. The zero-order valence-electron chi connectivity index (χ0n) is 13.6. The summed E-state index contributed by atoms with van der Waals surface area (Å²) in [5.74, 6) is 0.0673. The Labute approximate surface area is 146 Å². The number of nitrogens with one attached hydrogen (secondary N) is 2. The van der Waals surface area contributed by atoms with E-state index in [1.54, 1.807) is 0 Å². The van der Waals surface area contributed by atoms with Gasteiger partial charge in [-0.05, 0) is 39.3 Å². The first kappa shape index (κ1) is 23.5. The number of benzene rings is 1. The molecular formula is C16H29Cl2N3O. The summed E-state index contributed by atoms with van der Waals surface area (Å²) in [4.78, 5) is 11.6. The molecule has 22 heavy (non-hydrogen) atoms. The molecule has 0 radical (unpaired) electrons. The molecule has 1 unspecified atom stereocenters.